The van der Waals surface area contributed by atoms with Crippen molar-refractivity contribution in [2.45, 2.75) is 38.1 Å². The number of nitrogens with one attached hydrogen (secondary N) is 1. The topological polar surface area (TPSA) is 49.4 Å². The van der Waals surface area contributed by atoms with Crippen LogP contribution in [0.5, 0.6) is 0 Å². The van der Waals surface area contributed by atoms with E-state index < -0.39 is 17.8 Å². The van der Waals surface area contributed by atoms with E-state index in [1.165, 1.54) is 23.3 Å². The van der Waals surface area contributed by atoms with Gasteiger partial charge in [-0.3, -0.25) is 9.59 Å². The number of carbonyl (C=O) groups is 2. The number of hydrogen-bond donors (Lipinski definition) is 1. The fourth-order valence-electron chi connectivity index (χ4n) is 5.23. The third kappa shape index (κ3) is 4.28. The van der Waals surface area contributed by atoms with E-state index in [0.29, 0.717) is 19.4 Å². The SMILES string of the molecule is O=C(Nc1ccc2c(c1)CCC2)C1CCCN(C(=O)c2ccccc2F)C1c1ccccc1. The highest BCUT2D eigenvalue weighted by Crippen LogP contribution is 2.38. The van der Waals surface area contributed by atoms with Gasteiger partial charge in [-0.15, -0.1) is 0 Å². The lowest BCUT2D eigenvalue weighted by Crippen LogP contribution is -2.46. The Labute approximate surface area is 193 Å². The van der Waals surface area contributed by atoms with Crippen molar-refractivity contribution in [3.8, 4) is 0 Å². The summed E-state index contributed by atoms with van der Waals surface area (Å²) in [5.41, 5.74) is 4.38. The molecule has 4 nitrogen and oxygen atoms in total. The van der Waals surface area contributed by atoms with Crippen LogP contribution in [0, 0.1) is 11.7 Å². The van der Waals surface area contributed by atoms with Crippen LogP contribution >= 0.6 is 0 Å². The van der Waals surface area contributed by atoms with Crippen molar-refractivity contribution in [2.24, 2.45) is 5.92 Å². The molecular weight excluding hydrogens is 415 g/mol. The Balaban J connectivity index is 1.46. The molecule has 1 heterocycles. The van der Waals surface area contributed by atoms with Gasteiger partial charge in [0.05, 0.1) is 17.5 Å². The smallest absolute Gasteiger partial charge is 0.257 e. The molecule has 0 spiro atoms. The quantitative estimate of drug-likeness (QED) is 0.576. The molecule has 3 aromatic carbocycles. The lowest BCUT2D eigenvalue weighted by atomic mass is 9.83. The van der Waals surface area contributed by atoms with Gasteiger partial charge in [0.15, 0.2) is 0 Å². The average molecular weight is 443 g/mol. The summed E-state index contributed by atoms with van der Waals surface area (Å²) in [6.07, 6.45) is 4.64. The number of fused-ring (bicyclic) bond motifs is 1. The third-order valence-electron chi connectivity index (χ3n) is 6.84. The molecule has 0 bridgehead atoms. The fraction of sp³-hybridized carbons (Fsp3) is 0.286. The van der Waals surface area contributed by atoms with Gasteiger partial charge < -0.3 is 10.2 Å². The van der Waals surface area contributed by atoms with Gasteiger partial charge in [0, 0.05) is 12.2 Å². The summed E-state index contributed by atoms with van der Waals surface area (Å²) < 4.78 is 14.5. The van der Waals surface area contributed by atoms with Crippen LogP contribution in [-0.4, -0.2) is 23.3 Å². The highest BCUT2D eigenvalue weighted by Gasteiger charge is 2.40. The van der Waals surface area contributed by atoms with E-state index in [0.717, 1.165) is 30.5 Å². The van der Waals surface area contributed by atoms with Crippen molar-refractivity contribution in [1.82, 2.24) is 4.90 Å². The molecule has 1 fully saturated rings. The van der Waals surface area contributed by atoms with E-state index in [1.54, 1.807) is 17.0 Å². The zero-order valence-electron chi connectivity index (χ0n) is 18.5. The normalized spacial score (nSPS) is 19.7. The van der Waals surface area contributed by atoms with Crippen molar-refractivity contribution < 1.29 is 14.0 Å². The van der Waals surface area contributed by atoms with Gasteiger partial charge in [-0.1, -0.05) is 48.5 Å². The van der Waals surface area contributed by atoms with Crippen LogP contribution in [0.4, 0.5) is 10.1 Å². The van der Waals surface area contributed by atoms with Crippen LogP contribution in [0.1, 0.15) is 52.4 Å². The second-order valence-corrected chi connectivity index (χ2v) is 8.91. The highest BCUT2D eigenvalue weighted by atomic mass is 19.1. The van der Waals surface area contributed by atoms with Crippen LogP contribution in [-0.2, 0) is 17.6 Å². The first-order chi connectivity index (χ1) is 16.1. The van der Waals surface area contributed by atoms with Crippen molar-refractivity contribution >= 4 is 17.5 Å². The maximum absolute atomic E-state index is 14.5. The van der Waals surface area contributed by atoms with Gasteiger partial charge in [0.2, 0.25) is 5.91 Å². The van der Waals surface area contributed by atoms with Gasteiger partial charge in [-0.2, -0.15) is 0 Å². The molecule has 1 saturated heterocycles. The molecule has 5 rings (SSSR count). The molecule has 33 heavy (non-hydrogen) atoms. The summed E-state index contributed by atoms with van der Waals surface area (Å²) in [6.45, 7) is 0.482. The Hall–Kier alpha value is -3.47. The average Bonchev–Trinajstić information content (AvgIpc) is 3.32. The minimum Gasteiger partial charge on any atom is -0.331 e. The van der Waals surface area contributed by atoms with Crippen molar-refractivity contribution in [1.29, 1.82) is 0 Å². The Bertz CT molecular complexity index is 1180. The second-order valence-electron chi connectivity index (χ2n) is 8.91. The molecule has 5 heteroatoms. The first-order valence-electron chi connectivity index (χ1n) is 11.6. The first kappa shape index (κ1) is 21.4. The molecule has 0 radical (unpaired) electrons. The van der Waals surface area contributed by atoms with Gasteiger partial charge in [-0.25, -0.2) is 4.39 Å². The number of anilines is 1. The Morgan fingerprint density at radius 1 is 0.879 bits per heavy atom. The van der Waals surface area contributed by atoms with Crippen molar-refractivity contribution in [3.05, 3.63) is 101 Å². The lowest BCUT2D eigenvalue weighted by molar-refractivity contribution is -0.123. The molecular formula is C28H27FN2O2. The number of hydrogen-bond acceptors (Lipinski definition) is 2. The zero-order valence-corrected chi connectivity index (χ0v) is 18.5. The van der Waals surface area contributed by atoms with Crippen molar-refractivity contribution in [2.75, 3.05) is 11.9 Å². The Morgan fingerprint density at radius 3 is 2.45 bits per heavy atom. The van der Waals surface area contributed by atoms with Crippen LogP contribution in [0.3, 0.4) is 0 Å². The Morgan fingerprint density at radius 2 is 1.64 bits per heavy atom. The number of amides is 2. The summed E-state index contributed by atoms with van der Waals surface area (Å²) in [4.78, 5) is 28.6. The summed E-state index contributed by atoms with van der Waals surface area (Å²) in [6, 6.07) is 21.3. The number of halogens is 1. The van der Waals surface area contributed by atoms with Gasteiger partial charge in [0.1, 0.15) is 5.82 Å². The fourth-order valence-corrected chi connectivity index (χ4v) is 5.23. The molecule has 2 unspecified atom stereocenters. The van der Waals surface area contributed by atoms with E-state index in [9.17, 15) is 14.0 Å². The number of likely N-dealkylation sites (tertiary alicyclic amines) is 1. The maximum Gasteiger partial charge on any atom is 0.257 e. The molecule has 2 amide bonds. The predicted molar refractivity (Wildman–Crippen MR) is 126 cm³/mol. The molecule has 2 atom stereocenters. The zero-order chi connectivity index (χ0) is 22.8. The molecule has 0 aromatic heterocycles. The summed E-state index contributed by atoms with van der Waals surface area (Å²) >= 11 is 0. The van der Waals surface area contributed by atoms with Crippen LogP contribution in [0.15, 0.2) is 72.8 Å². The summed E-state index contributed by atoms with van der Waals surface area (Å²) in [7, 11) is 0. The van der Waals surface area contributed by atoms with Crippen LogP contribution in [0.25, 0.3) is 0 Å². The minimum atomic E-state index is -0.543. The largest absolute Gasteiger partial charge is 0.331 e. The molecule has 168 valence electrons. The predicted octanol–water partition coefficient (Wildman–Crippen LogP) is 5.55. The van der Waals surface area contributed by atoms with Gasteiger partial charge >= 0.3 is 0 Å². The first-order valence-corrected chi connectivity index (χ1v) is 11.6. The molecule has 2 aliphatic rings. The highest BCUT2D eigenvalue weighted by molar-refractivity contribution is 5.97. The molecule has 1 aliphatic heterocycles. The van der Waals surface area contributed by atoms with Gasteiger partial charge in [-0.05, 0) is 73.1 Å². The third-order valence-corrected chi connectivity index (χ3v) is 6.84. The summed E-state index contributed by atoms with van der Waals surface area (Å²) in [5, 5.41) is 3.10. The molecule has 1 N–H and O–H groups in total. The minimum absolute atomic E-state index is 0.0399. The number of nitrogens with zero attached hydrogens (tertiary/aromatic N) is 1. The van der Waals surface area contributed by atoms with E-state index in [2.05, 4.69) is 17.4 Å². The van der Waals surface area contributed by atoms with Crippen LogP contribution < -0.4 is 5.32 Å². The molecule has 3 aromatic rings. The van der Waals surface area contributed by atoms with Crippen LogP contribution in [0.2, 0.25) is 0 Å². The number of piperidine rings is 1. The maximum atomic E-state index is 14.5. The van der Waals surface area contributed by atoms with E-state index in [-0.39, 0.29) is 17.4 Å². The Kier molecular flexibility index (Phi) is 5.95. The van der Waals surface area contributed by atoms with E-state index in [1.807, 2.05) is 36.4 Å². The van der Waals surface area contributed by atoms with Crippen molar-refractivity contribution in [3.63, 3.8) is 0 Å². The lowest BCUT2D eigenvalue weighted by Gasteiger charge is -2.41. The number of rotatable bonds is 4. The summed E-state index contributed by atoms with van der Waals surface area (Å²) in [5.74, 6) is -1.45. The van der Waals surface area contributed by atoms with E-state index >= 15 is 0 Å². The number of aryl methyl sites for hydroxylation is 2. The number of benzene rings is 3. The molecule has 1 aliphatic carbocycles. The number of carbonyl (C=O) groups excluding carboxylic acids is 2. The van der Waals surface area contributed by atoms with E-state index in [4.69, 9.17) is 0 Å². The second kappa shape index (κ2) is 9.18. The molecule has 0 saturated carbocycles. The van der Waals surface area contributed by atoms with Gasteiger partial charge in [0.25, 0.3) is 5.91 Å². The monoisotopic (exact) mass is 442 g/mol. The standard InChI is InChI=1S/C28H27FN2O2/c29-25-14-5-4-12-23(25)28(33)31-17-7-13-24(26(31)20-8-2-1-3-9-20)27(32)30-22-16-15-19-10-6-11-21(19)18-22/h1-5,8-9,12,14-16,18,24,26H,6-7,10-11,13,17H2,(H,30,32).